The van der Waals surface area contributed by atoms with Crippen LogP contribution in [0, 0.1) is 18.6 Å². The first-order chi connectivity index (χ1) is 12.6. The van der Waals surface area contributed by atoms with E-state index in [0.717, 1.165) is 53.9 Å². The number of nitrogens with one attached hydrogen (secondary N) is 1. The minimum atomic E-state index is -0.869. The van der Waals surface area contributed by atoms with Crippen LogP contribution in [-0.4, -0.2) is 26.7 Å². The summed E-state index contributed by atoms with van der Waals surface area (Å²) in [4.78, 5) is 11.1. The molecule has 0 unspecified atom stereocenters. The molecule has 7 heteroatoms. The highest BCUT2D eigenvalue weighted by Crippen LogP contribution is 2.31. The number of aromatic nitrogens is 4. The minimum Gasteiger partial charge on any atom is -0.351 e. The van der Waals surface area contributed by atoms with Gasteiger partial charge in [0.15, 0.2) is 11.6 Å². The standard InChI is InChI=1S/C19H19F2N5/c1-3-12-9-22-11(2)23-19(12)26-7-6-17-14(10-26)18(25-24-17)13-4-5-15(20)16(21)8-13/h4-5,8-9H,3,6-7,10H2,1-2H3,(H,24,25). The van der Waals surface area contributed by atoms with Crippen molar-refractivity contribution in [2.75, 3.05) is 11.4 Å². The fourth-order valence-corrected chi connectivity index (χ4v) is 3.36. The van der Waals surface area contributed by atoms with Crippen LogP contribution in [0.1, 0.15) is 29.6 Å². The third-order valence-corrected chi connectivity index (χ3v) is 4.77. The molecule has 0 atom stereocenters. The largest absolute Gasteiger partial charge is 0.351 e. The second kappa shape index (κ2) is 6.48. The number of halogens is 2. The summed E-state index contributed by atoms with van der Waals surface area (Å²) in [5.41, 5.74) is 4.35. The van der Waals surface area contributed by atoms with E-state index in [1.165, 1.54) is 6.07 Å². The summed E-state index contributed by atoms with van der Waals surface area (Å²) in [6.07, 6.45) is 3.51. The Balaban J connectivity index is 1.72. The molecule has 1 aliphatic rings. The molecule has 3 heterocycles. The highest BCUT2D eigenvalue weighted by Gasteiger charge is 2.25. The third kappa shape index (κ3) is 2.83. The van der Waals surface area contributed by atoms with Gasteiger partial charge in [-0.1, -0.05) is 6.92 Å². The Morgan fingerprint density at radius 1 is 1.23 bits per heavy atom. The summed E-state index contributed by atoms with van der Waals surface area (Å²) in [6, 6.07) is 3.88. The van der Waals surface area contributed by atoms with E-state index in [1.807, 2.05) is 13.1 Å². The lowest BCUT2D eigenvalue weighted by atomic mass is 10.0. The Kier molecular flexibility index (Phi) is 4.14. The molecular formula is C19H19F2N5. The number of H-pyrrole nitrogens is 1. The molecular weight excluding hydrogens is 336 g/mol. The third-order valence-electron chi connectivity index (χ3n) is 4.77. The molecule has 1 aliphatic heterocycles. The first-order valence-electron chi connectivity index (χ1n) is 8.65. The molecule has 0 spiro atoms. The lowest BCUT2D eigenvalue weighted by Crippen LogP contribution is -2.32. The predicted octanol–water partition coefficient (Wildman–Crippen LogP) is 3.58. The van der Waals surface area contributed by atoms with Gasteiger partial charge in [-0.2, -0.15) is 5.10 Å². The monoisotopic (exact) mass is 355 g/mol. The molecule has 3 aromatic rings. The highest BCUT2D eigenvalue weighted by atomic mass is 19.2. The van der Waals surface area contributed by atoms with Crippen LogP contribution >= 0.6 is 0 Å². The molecule has 2 aromatic heterocycles. The van der Waals surface area contributed by atoms with E-state index in [0.29, 0.717) is 17.8 Å². The van der Waals surface area contributed by atoms with E-state index in [4.69, 9.17) is 0 Å². The molecule has 26 heavy (non-hydrogen) atoms. The van der Waals surface area contributed by atoms with Crippen LogP contribution < -0.4 is 4.90 Å². The molecule has 0 saturated heterocycles. The Hall–Kier alpha value is -2.83. The van der Waals surface area contributed by atoms with Gasteiger partial charge in [0.1, 0.15) is 11.6 Å². The molecule has 134 valence electrons. The lowest BCUT2D eigenvalue weighted by molar-refractivity contribution is 0.509. The first-order valence-corrected chi connectivity index (χ1v) is 8.65. The van der Waals surface area contributed by atoms with Crippen LogP contribution in [-0.2, 0) is 19.4 Å². The summed E-state index contributed by atoms with van der Waals surface area (Å²) < 4.78 is 26.9. The number of nitrogens with zero attached hydrogens (tertiary/aromatic N) is 4. The molecule has 0 amide bonds. The van der Waals surface area contributed by atoms with Gasteiger partial charge in [0.05, 0.1) is 5.69 Å². The van der Waals surface area contributed by atoms with Crippen molar-refractivity contribution in [3.63, 3.8) is 0 Å². The number of aromatic amines is 1. The maximum absolute atomic E-state index is 13.6. The normalized spacial score (nSPS) is 13.8. The quantitative estimate of drug-likeness (QED) is 0.780. The van der Waals surface area contributed by atoms with Gasteiger partial charge in [0.25, 0.3) is 0 Å². The molecule has 5 nitrogen and oxygen atoms in total. The fraction of sp³-hybridized carbons (Fsp3) is 0.316. The predicted molar refractivity (Wildman–Crippen MR) is 94.8 cm³/mol. The zero-order valence-electron chi connectivity index (χ0n) is 14.7. The Bertz CT molecular complexity index is 967. The number of anilines is 1. The number of hydrogen-bond donors (Lipinski definition) is 1. The van der Waals surface area contributed by atoms with Gasteiger partial charge in [-0.05, 0) is 31.5 Å². The molecule has 0 saturated carbocycles. The van der Waals surface area contributed by atoms with Crippen molar-refractivity contribution in [2.45, 2.75) is 33.2 Å². The second-order valence-electron chi connectivity index (χ2n) is 6.45. The molecule has 0 fully saturated rings. The molecule has 1 N–H and O–H groups in total. The fourth-order valence-electron chi connectivity index (χ4n) is 3.36. The van der Waals surface area contributed by atoms with Crippen LogP contribution in [0.15, 0.2) is 24.4 Å². The molecule has 0 aliphatic carbocycles. The van der Waals surface area contributed by atoms with E-state index in [-0.39, 0.29) is 0 Å². The van der Waals surface area contributed by atoms with Crippen molar-refractivity contribution in [1.29, 1.82) is 0 Å². The average Bonchev–Trinajstić information content (AvgIpc) is 3.07. The first kappa shape index (κ1) is 16.6. The summed E-state index contributed by atoms with van der Waals surface area (Å²) >= 11 is 0. The van der Waals surface area contributed by atoms with Gasteiger partial charge in [-0.15, -0.1) is 0 Å². The topological polar surface area (TPSA) is 57.7 Å². The second-order valence-corrected chi connectivity index (χ2v) is 6.45. The van der Waals surface area contributed by atoms with Gasteiger partial charge in [0.2, 0.25) is 0 Å². The Labute approximate surface area is 150 Å². The van der Waals surface area contributed by atoms with Crippen LogP contribution in [0.4, 0.5) is 14.6 Å². The van der Waals surface area contributed by atoms with E-state index >= 15 is 0 Å². The van der Waals surface area contributed by atoms with Crippen LogP contribution in [0.2, 0.25) is 0 Å². The zero-order chi connectivity index (χ0) is 18.3. The lowest BCUT2D eigenvalue weighted by Gasteiger charge is -2.29. The number of fused-ring (bicyclic) bond motifs is 1. The van der Waals surface area contributed by atoms with Crippen molar-refractivity contribution in [1.82, 2.24) is 20.2 Å². The number of hydrogen-bond acceptors (Lipinski definition) is 4. The van der Waals surface area contributed by atoms with Crippen LogP contribution in [0.5, 0.6) is 0 Å². The van der Waals surface area contributed by atoms with Crippen molar-refractivity contribution < 1.29 is 8.78 Å². The molecule has 4 rings (SSSR count). The summed E-state index contributed by atoms with van der Waals surface area (Å²) in [5.74, 6) is -0.0606. The van der Waals surface area contributed by atoms with Crippen molar-refractivity contribution in [3.8, 4) is 11.3 Å². The summed E-state index contributed by atoms with van der Waals surface area (Å²) in [6.45, 7) is 5.39. The van der Waals surface area contributed by atoms with Crippen molar-refractivity contribution >= 4 is 5.82 Å². The van der Waals surface area contributed by atoms with Crippen LogP contribution in [0.3, 0.4) is 0 Å². The molecule has 0 radical (unpaired) electrons. The van der Waals surface area contributed by atoms with Gasteiger partial charge >= 0.3 is 0 Å². The summed E-state index contributed by atoms with van der Waals surface area (Å²) in [5, 5.41) is 7.40. The van der Waals surface area contributed by atoms with Gasteiger partial charge in [0, 0.05) is 48.1 Å². The highest BCUT2D eigenvalue weighted by molar-refractivity contribution is 5.66. The van der Waals surface area contributed by atoms with Crippen LogP contribution in [0.25, 0.3) is 11.3 Å². The minimum absolute atomic E-state index is 0.567. The molecule has 1 aromatic carbocycles. The zero-order valence-corrected chi connectivity index (χ0v) is 14.7. The van der Waals surface area contributed by atoms with Gasteiger partial charge in [-0.25, -0.2) is 18.7 Å². The summed E-state index contributed by atoms with van der Waals surface area (Å²) in [7, 11) is 0. The van der Waals surface area contributed by atoms with Crippen molar-refractivity contribution in [2.24, 2.45) is 0 Å². The van der Waals surface area contributed by atoms with Gasteiger partial charge < -0.3 is 4.90 Å². The van der Waals surface area contributed by atoms with Gasteiger partial charge in [-0.3, -0.25) is 5.10 Å². The molecule has 0 bridgehead atoms. The maximum atomic E-state index is 13.6. The number of rotatable bonds is 3. The van der Waals surface area contributed by atoms with Crippen molar-refractivity contribution in [3.05, 3.63) is 58.7 Å². The van der Waals surface area contributed by atoms with E-state index in [9.17, 15) is 8.78 Å². The Morgan fingerprint density at radius 2 is 2.08 bits per heavy atom. The van der Waals surface area contributed by atoms with E-state index < -0.39 is 11.6 Å². The Morgan fingerprint density at radius 3 is 2.85 bits per heavy atom. The number of benzene rings is 1. The number of aryl methyl sites for hydroxylation is 2. The smallest absolute Gasteiger partial charge is 0.159 e. The SMILES string of the molecule is CCc1cnc(C)nc1N1CCc2[nH]nc(-c3ccc(F)c(F)c3)c2C1. The van der Waals surface area contributed by atoms with E-state index in [2.05, 4.69) is 32.0 Å². The maximum Gasteiger partial charge on any atom is 0.159 e. The average molecular weight is 355 g/mol. The van der Waals surface area contributed by atoms with E-state index in [1.54, 1.807) is 6.07 Å².